The molecule has 0 atom stereocenters. The predicted molar refractivity (Wildman–Crippen MR) is 137 cm³/mol. The number of anilines is 3. The standard InChI is InChI=1S/C29H18N2O2S/c32-28-22-10-4-5-11-23(22)29(33)24(28)16-19-13-14-20-18-27(34-25(20)17-19)31(21-8-2-1-3-9-21)26-12-6-7-15-30-26/h1-18H. The first-order valence-corrected chi connectivity index (χ1v) is 11.7. The zero-order valence-electron chi connectivity index (χ0n) is 18.0. The molecule has 2 heterocycles. The molecule has 0 radical (unpaired) electrons. The van der Waals surface area contributed by atoms with Gasteiger partial charge >= 0.3 is 0 Å². The molecule has 6 rings (SSSR count). The highest BCUT2D eigenvalue weighted by molar-refractivity contribution is 7.23. The highest BCUT2D eigenvalue weighted by atomic mass is 32.1. The van der Waals surface area contributed by atoms with Crippen LogP contribution in [-0.4, -0.2) is 16.6 Å². The summed E-state index contributed by atoms with van der Waals surface area (Å²) in [6, 6.07) is 31.1. The van der Waals surface area contributed by atoms with Crippen LogP contribution in [-0.2, 0) is 0 Å². The second-order valence-corrected chi connectivity index (χ2v) is 9.06. The molecule has 5 aromatic rings. The Bertz CT molecular complexity index is 1510. The van der Waals surface area contributed by atoms with Crippen LogP contribution in [0.3, 0.4) is 0 Å². The number of carbonyl (C=O) groups excluding carboxylic acids is 2. The van der Waals surface area contributed by atoms with E-state index in [0.29, 0.717) is 11.1 Å². The summed E-state index contributed by atoms with van der Waals surface area (Å²) in [5.41, 5.74) is 3.03. The van der Waals surface area contributed by atoms with E-state index in [1.807, 2.05) is 54.6 Å². The molecule has 0 spiro atoms. The molecule has 1 aliphatic rings. The van der Waals surface area contributed by atoms with Crippen LogP contribution in [0.25, 0.3) is 16.2 Å². The number of carbonyl (C=O) groups is 2. The number of para-hydroxylation sites is 1. The molecule has 0 bridgehead atoms. The maximum atomic E-state index is 12.8. The van der Waals surface area contributed by atoms with Gasteiger partial charge in [-0.25, -0.2) is 4.98 Å². The number of hydrogen-bond donors (Lipinski definition) is 0. The highest BCUT2D eigenvalue weighted by Crippen LogP contribution is 2.41. The van der Waals surface area contributed by atoms with Gasteiger partial charge in [0.05, 0.1) is 5.57 Å². The summed E-state index contributed by atoms with van der Waals surface area (Å²) in [4.78, 5) is 32.3. The van der Waals surface area contributed by atoms with Crippen molar-refractivity contribution < 1.29 is 9.59 Å². The second kappa shape index (κ2) is 8.21. The lowest BCUT2D eigenvalue weighted by Crippen LogP contribution is -2.09. The summed E-state index contributed by atoms with van der Waals surface area (Å²) in [5.74, 6) is 0.415. The van der Waals surface area contributed by atoms with Gasteiger partial charge in [0.2, 0.25) is 0 Å². The van der Waals surface area contributed by atoms with Gasteiger partial charge in [-0.1, -0.05) is 60.7 Å². The monoisotopic (exact) mass is 458 g/mol. The first kappa shape index (κ1) is 20.3. The van der Waals surface area contributed by atoms with E-state index in [9.17, 15) is 9.59 Å². The molecule has 0 unspecified atom stereocenters. The van der Waals surface area contributed by atoms with Crippen LogP contribution in [0.2, 0.25) is 0 Å². The molecular weight excluding hydrogens is 440 g/mol. The number of Topliss-reactive ketones (excluding diaryl/α,β-unsaturated/α-hetero) is 2. The van der Waals surface area contributed by atoms with E-state index in [1.165, 1.54) is 0 Å². The van der Waals surface area contributed by atoms with E-state index in [-0.39, 0.29) is 17.1 Å². The summed E-state index contributed by atoms with van der Waals surface area (Å²) < 4.78 is 1.07. The SMILES string of the molecule is O=C1C(=Cc2ccc3cc(N(c4ccccc4)c4ccccn4)sc3c2)C(=O)c2ccccc21. The summed E-state index contributed by atoms with van der Waals surface area (Å²) >= 11 is 1.64. The Morgan fingerprint density at radius 2 is 1.44 bits per heavy atom. The molecule has 3 aromatic carbocycles. The van der Waals surface area contributed by atoms with Crippen LogP contribution in [0.5, 0.6) is 0 Å². The largest absolute Gasteiger partial charge is 0.288 e. The van der Waals surface area contributed by atoms with Crippen LogP contribution in [0, 0.1) is 0 Å². The molecule has 0 amide bonds. The van der Waals surface area contributed by atoms with Gasteiger partial charge in [-0.05, 0) is 53.4 Å². The molecule has 0 saturated heterocycles. The fourth-order valence-corrected chi connectivity index (χ4v) is 5.38. The van der Waals surface area contributed by atoms with Crippen molar-refractivity contribution in [2.45, 2.75) is 0 Å². The Hall–Kier alpha value is -4.35. The Morgan fingerprint density at radius 1 is 0.735 bits per heavy atom. The van der Waals surface area contributed by atoms with Crippen molar-refractivity contribution >= 4 is 55.6 Å². The Morgan fingerprint density at radius 3 is 2.15 bits per heavy atom. The summed E-state index contributed by atoms with van der Waals surface area (Å²) in [6.45, 7) is 0. The van der Waals surface area contributed by atoms with Crippen LogP contribution in [0.15, 0.2) is 109 Å². The van der Waals surface area contributed by atoms with E-state index in [1.54, 1.807) is 47.9 Å². The van der Waals surface area contributed by atoms with Gasteiger partial charge in [0.15, 0.2) is 11.6 Å². The first-order valence-electron chi connectivity index (χ1n) is 10.9. The second-order valence-electron chi connectivity index (χ2n) is 8.00. The molecule has 162 valence electrons. The van der Waals surface area contributed by atoms with Crippen molar-refractivity contribution in [3.8, 4) is 0 Å². The minimum Gasteiger partial charge on any atom is -0.288 e. The third kappa shape index (κ3) is 3.43. The third-order valence-electron chi connectivity index (χ3n) is 5.86. The molecule has 0 aliphatic heterocycles. The fourth-order valence-electron chi connectivity index (χ4n) is 4.24. The van der Waals surface area contributed by atoms with Crippen LogP contribution < -0.4 is 4.90 Å². The van der Waals surface area contributed by atoms with Gasteiger partial charge in [-0.3, -0.25) is 14.5 Å². The number of benzene rings is 3. The topological polar surface area (TPSA) is 50.3 Å². The van der Waals surface area contributed by atoms with Crippen LogP contribution in [0.1, 0.15) is 26.3 Å². The molecule has 0 fully saturated rings. The summed E-state index contributed by atoms with van der Waals surface area (Å²) in [5, 5.41) is 2.12. The highest BCUT2D eigenvalue weighted by Gasteiger charge is 2.32. The molecule has 0 saturated carbocycles. The van der Waals surface area contributed by atoms with Gasteiger partial charge in [-0.15, -0.1) is 11.3 Å². The molecule has 0 N–H and O–H groups in total. The number of nitrogens with zero attached hydrogens (tertiary/aromatic N) is 2. The van der Waals surface area contributed by atoms with Crippen LogP contribution >= 0.6 is 11.3 Å². The zero-order chi connectivity index (χ0) is 23.1. The summed E-state index contributed by atoms with van der Waals surface area (Å²) in [6.07, 6.45) is 3.49. The molecule has 2 aromatic heterocycles. The number of pyridine rings is 1. The number of aromatic nitrogens is 1. The van der Waals surface area contributed by atoms with E-state index < -0.39 is 0 Å². The number of allylic oxidation sites excluding steroid dienone is 1. The number of rotatable bonds is 4. The Balaban J connectivity index is 1.41. The minimum absolute atomic E-state index is 0.210. The molecule has 4 nitrogen and oxygen atoms in total. The maximum Gasteiger partial charge on any atom is 0.197 e. The number of ketones is 2. The quantitative estimate of drug-likeness (QED) is 0.211. The first-order chi connectivity index (χ1) is 16.7. The van der Waals surface area contributed by atoms with Crippen LogP contribution in [0.4, 0.5) is 16.5 Å². The molecule has 1 aliphatic carbocycles. The van der Waals surface area contributed by atoms with Gasteiger partial charge in [0.25, 0.3) is 0 Å². The molecule has 34 heavy (non-hydrogen) atoms. The van der Waals surface area contributed by atoms with Gasteiger partial charge in [-0.2, -0.15) is 0 Å². The smallest absolute Gasteiger partial charge is 0.197 e. The van der Waals surface area contributed by atoms with Gasteiger partial charge < -0.3 is 0 Å². The van der Waals surface area contributed by atoms with Gasteiger partial charge in [0.1, 0.15) is 10.8 Å². The van der Waals surface area contributed by atoms with Crippen molar-refractivity contribution in [3.05, 3.63) is 126 Å². The Kier molecular flexibility index (Phi) is 4.90. The average molecular weight is 459 g/mol. The third-order valence-corrected chi connectivity index (χ3v) is 6.94. The zero-order valence-corrected chi connectivity index (χ0v) is 18.8. The molecule has 5 heteroatoms. The van der Waals surface area contributed by atoms with Crippen molar-refractivity contribution in [1.82, 2.24) is 4.98 Å². The lowest BCUT2D eigenvalue weighted by Gasteiger charge is -2.21. The number of fused-ring (bicyclic) bond motifs is 2. The summed E-state index contributed by atoms with van der Waals surface area (Å²) in [7, 11) is 0. The van der Waals surface area contributed by atoms with E-state index in [4.69, 9.17) is 0 Å². The molecular formula is C29H18N2O2S. The number of thiophene rings is 1. The van der Waals surface area contributed by atoms with E-state index in [2.05, 4.69) is 28.1 Å². The van der Waals surface area contributed by atoms with E-state index >= 15 is 0 Å². The lowest BCUT2D eigenvalue weighted by molar-refractivity contribution is 0.0990. The normalized spacial score (nSPS) is 12.8. The lowest BCUT2D eigenvalue weighted by atomic mass is 10.1. The number of hydrogen-bond acceptors (Lipinski definition) is 5. The van der Waals surface area contributed by atoms with Crippen molar-refractivity contribution in [3.63, 3.8) is 0 Å². The fraction of sp³-hybridized carbons (Fsp3) is 0. The van der Waals surface area contributed by atoms with Crippen molar-refractivity contribution in [2.24, 2.45) is 0 Å². The predicted octanol–water partition coefficient (Wildman–Crippen LogP) is 7.23. The average Bonchev–Trinajstić information content (AvgIpc) is 3.40. The van der Waals surface area contributed by atoms with Crippen molar-refractivity contribution in [1.29, 1.82) is 0 Å². The van der Waals surface area contributed by atoms with Crippen molar-refractivity contribution in [2.75, 3.05) is 4.90 Å². The maximum absolute atomic E-state index is 12.8. The Labute approximate surface area is 200 Å². The minimum atomic E-state index is -0.210. The van der Waals surface area contributed by atoms with Gasteiger partial charge in [0, 0.05) is 27.7 Å². The van der Waals surface area contributed by atoms with E-state index in [0.717, 1.165) is 32.2 Å².